The summed E-state index contributed by atoms with van der Waals surface area (Å²) in [6.45, 7) is 4.38. The molecule has 1 aromatic carbocycles. The average Bonchev–Trinajstić information content (AvgIpc) is 3.42. The monoisotopic (exact) mass is 491 g/mol. The van der Waals surface area contributed by atoms with Crippen molar-refractivity contribution in [2.75, 3.05) is 0 Å². The van der Waals surface area contributed by atoms with E-state index in [1.165, 1.54) is 4.90 Å². The Balaban J connectivity index is 1.35. The Morgan fingerprint density at radius 3 is 2.74 bits per heavy atom. The molecule has 5 rings (SSSR count). The number of allylic oxidation sites excluding steroid dienone is 2. The molecule has 0 saturated carbocycles. The number of phenols is 1. The van der Waals surface area contributed by atoms with Crippen LogP contribution >= 0.6 is 11.3 Å². The van der Waals surface area contributed by atoms with Crippen molar-refractivity contribution in [1.82, 2.24) is 4.90 Å². The molecule has 4 atom stereocenters. The molecule has 1 aliphatic carbocycles. The zero-order valence-corrected chi connectivity index (χ0v) is 20.8. The number of carbonyl (C=O) groups is 2. The Morgan fingerprint density at radius 1 is 1.20 bits per heavy atom. The standard InChI is InChI=1S/C27H30BNO5S/c1-16(12-18-6-3-4-8-22(18)30)9-10-23-24-17(2)13-20-25(21(24)14-28(33)34-23)27(32)29(26(20)31)15-19-7-5-11-35-19/h3-8,11-12,20-21,23,25,30,33H,9-10,13-15H2,1-2H3/b16-12+/t20-,21+,23-,25-/m1/s1. The van der Waals surface area contributed by atoms with Crippen LogP contribution < -0.4 is 0 Å². The summed E-state index contributed by atoms with van der Waals surface area (Å²) in [5, 5.41) is 22.6. The third-order valence-corrected chi connectivity index (χ3v) is 8.44. The second-order valence-corrected chi connectivity index (χ2v) is 11.0. The van der Waals surface area contributed by atoms with Gasteiger partial charge in [-0.05, 0) is 68.4 Å². The number of thiophene rings is 1. The molecule has 0 spiro atoms. The predicted molar refractivity (Wildman–Crippen MR) is 136 cm³/mol. The zero-order valence-electron chi connectivity index (χ0n) is 20.0. The number of hydrogen-bond donors (Lipinski definition) is 2. The van der Waals surface area contributed by atoms with Crippen LogP contribution in [0.2, 0.25) is 6.32 Å². The van der Waals surface area contributed by atoms with Gasteiger partial charge in [-0.1, -0.05) is 41.5 Å². The minimum atomic E-state index is -0.961. The molecule has 2 amide bonds. The van der Waals surface area contributed by atoms with Crippen LogP contribution in [0.1, 0.15) is 43.6 Å². The van der Waals surface area contributed by atoms with Gasteiger partial charge in [0.1, 0.15) is 5.75 Å². The van der Waals surface area contributed by atoms with Crippen LogP contribution in [0.25, 0.3) is 6.08 Å². The minimum Gasteiger partial charge on any atom is -0.507 e. The van der Waals surface area contributed by atoms with Crippen molar-refractivity contribution in [1.29, 1.82) is 0 Å². The number of aromatic hydroxyl groups is 1. The summed E-state index contributed by atoms with van der Waals surface area (Å²) in [7, 11) is -0.961. The second-order valence-electron chi connectivity index (χ2n) is 9.92. The summed E-state index contributed by atoms with van der Waals surface area (Å²) in [5.41, 5.74) is 4.05. The van der Waals surface area contributed by atoms with Crippen LogP contribution in [0.4, 0.5) is 0 Å². The van der Waals surface area contributed by atoms with Crippen LogP contribution in [0.15, 0.2) is 58.5 Å². The number of benzene rings is 1. The molecule has 0 bridgehead atoms. The third-order valence-electron chi connectivity index (χ3n) is 7.58. The van der Waals surface area contributed by atoms with Gasteiger partial charge in [-0.15, -0.1) is 11.3 Å². The fourth-order valence-electron chi connectivity index (χ4n) is 6.01. The van der Waals surface area contributed by atoms with Gasteiger partial charge < -0.3 is 14.8 Å². The summed E-state index contributed by atoms with van der Waals surface area (Å²) in [5.74, 6) is -0.943. The lowest BCUT2D eigenvalue weighted by Gasteiger charge is -2.42. The fraction of sp³-hybridized carbons (Fsp3) is 0.407. The topological polar surface area (TPSA) is 87.1 Å². The van der Waals surface area contributed by atoms with Gasteiger partial charge in [-0.3, -0.25) is 14.5 Å². The molecule has 182 valence electrons. The maximum absolute atomic E-state index is 13.5. The van der Waals surface area contributed by atoms with Crippen LogP contribution in [0.5, 0.6) is 5.75 Å². The molecule has 3 aliphatic rings. The SMILES string of the molecule is CC1=C2[C@@H](CC/C(C)=C/c3ccccc3O)OB(O)C[C@@H]2[C@@H]2C(=O)N(Cc3cccs3)C(=O)[C@@H]2C1. The normalized spacial score (nSPS) is 26.9. The first-order chi connectivity index (χ1) is 16.8. The number of para-hydroxylation sites is 1. The Bertz CT molecular complexity index is 1190. The van der Waals surface area contributed by atoms with Crippen LogP contribution in [-0.4, -0.2) is 40.1 Å². The molecule has 0 unspecified atom stereocenters. The molecule has 3 heterocycles. The highest BCUT2D eigenvalue weighted by molar-refractivity contribution is 7.09. The number of amides is 2. The van der Waals surface area contributed by atoms with E-state index in [1.54, 1.807) is 23.5 Å². The number of fused-ring (bicyclic) bond motifs is 3. The van der Waals surface area contributed by atoms with Crippen molar-refractivity contribution in [2.24, 2.45) is 17.8 Å². The number of hydrogen-bond acceptors (Lipinski definition) is 6. The average molecular weight is 491 g/mol. The molecule has 8 heteroatoms. The molecule has 35 heavy (non-hydrogen) atoms. The van der Waals surface area contributed by atoms with Crippen molar-refractivity contribution in [3.05, 3.63) is 68.9 Å². The van der Waals surface area contributed by atoms with Gasteiger partial charge in [0.25, 0.3) is 0 Å². The maximum atomic E-state index is 13.5. The van der Waals surface area contributed by atoms with Crippen molar-refractivity contribution in [3.8, 4) is 5.75 Å². The van der Waals surface area contributed by atoms with Gasteiger partial charge in [-0.2, -0.15) is 0 Å². The van der Waals surface area contributed by atoms with Crippen molar-refractivity contribution >= 4 is 36.3 Å². The highest BCUT2D eigenvalue weighted by Gasteiger charge is 2.56. The molecule has 1 aromatic heterocycles. The largest absolute Gasteiger partial charge is 0.507 e. The summed E-state index contributed by atoms with van der Waals surface area (Å²) in [6, 6.07) is 11.1. The molecular weight excluding hydrogens is 461 g/mol. The Labute approximate surface area is 210 Å². The molecular formula is C27H30BNO5S. The van der Waals surface area contributed by atoms with Crippen LogP contribution in [0, 0.1) is 17.8 Å². The Morgan fingerprint density at radius 2 is 2.00 bits per heavy atom. The lowest BCUT2D eigenvalue weighted by molar-refractivity contribution is -0.140. The number of phenolic OH excluding ortho intramolecular Hbond substituents is 1. The van der Waals surface area contributed by atoms with Gasteiger partial charge >= 0.3 is 7.12 Å². The predicted octanol–water partition coefficient (Wildman–Crippen LogP) is 4.65. The van der Waals surface area contributed by atoms with E-state index in [-0.39, 0.29) is 35.5 Å². The maximum Gasteiger partial charge on any atom is 0.455 e. The highest BCUT2D eigenvalue weighted by Crippen LogP contribution is 2.50. The second kappa shape index (κ2) is 9.76. The van der Waals surface area contributed by atoms with Gasteiger partial charge in [0.2, 0.25) is 11.8 Å². The number of carbonyl (C=O) groups excluding carboxylic acids is 2. The van der Waals surface area contributed by atoms with Gasteiger partial charge in [0, 0.05) is 10.4 Å². The molecule has 2 N–H and O–H groups in total. The van der Waals surface area contributed by atoms with Crippen LogP contribution in [0.3, 0.4) is 0 Å². The minimum absolute atomic E-state index is 0.0919. The quantitative estimate of drug-likeness (QED) is 0.349. The summed E-state index contributed by atoms with van der Waals surface area (Å²) in [6.07, 6.45) is 3.95. The number of rotatable bonds is 6. The Kier molecular flexibility index (Phi) is 6.70. The van der Waals surface area contributed by atoms with E-state index in [1.807, 2.05) is 49.6 Å². The fourth-order valence-corrected chi connectivity index (χ4v) is 6.70. The first-order valence-corrected chi connectivity index (χ1v) is 13.1. The van der Waals surface area contributed by atoms with Crippen molar-refractivity contribution < 1.29 is 24.4 Å². The highest BCUT2D eigenvalue weighted by atomic mass is 32.1. The van der Waals surface area contributed by atoms with E-state index in [0.717, 1.165) is 33.6 Å². The summed E-state index contributed by atoms with van der Waals surface area (Å²) in [4.78, 5) is 29.1. The van der Waals surface area contributed by atoms with Crippen molar-refractivity contribution in [2.45, 2.75) is 52.1 Å². The number of imide groups is 1. The van der Waals surface area contributed by atoms with E-state index < -0.39 is 13.0 Å². The zero-order chi connectivity index (χ0) is 24.7. The smallest absolute Gasteiger partial charge is 0.455 e. The molecule has 2 fully saturated rings. The van der Waals surface area contributed by atoms with E-state index in [0.29, 0.717) is 25.7 Å². The first-order valence-electron chi connectivity index (χ1n) is 12.2. The van der Waals surface area contributed by atoms with Gasteiger partial charge in [0.05, 0.1) is 24.5 Å². The number of nitrogens with zero attached hydrogens (tertiary/aromatic N) is 1. The number of likely N-dealkylation sites (tertiary alicyclic amines) is 1. The molecule has 2 saturated heterocycles. The lowest BCUT2D eigenvalue weighted by atomic mass is 9.59. The molecule has 2 aromatic rings. The molecule has 6 nitrogen and oxygen atoms in total. The lowest BCUT2D eigenvalue weighted by Crippen LogP contribution is -2.46. The summed E-state index contributed by atoms with van der Waals surface area (Å²) >= 11 is 1.54. The van der Waals surface area contributed by atoms with E-state index in [9.17, 15) is 19.7 Å². The van der Waals surface area contributed by atoms with Gasteiger partial charge in [0.15, 0.2) is 0 Å². The van der Waals surface area contributed by atoms with Crippen LogP contribution in [-0.2, 0) is 20.8 Å². The van der Waals surface area contributed by atoms with E-state index in [4.69, 9.17) is 4.65 Å². The third kappa shape index (κ3) is 4.62. The van der Waals surface area contributed by atoms with Crippen molar-refractivity contribution in [3.63, 3.8) is 0 Å². The summed E-state index contributed by atoms with van der Waals surface area (Å²) < 4.78 is 5.99. The first kappa shape index (κ1) is 24.0. The molecule has 2 aliphatic heterocycles. The van der Waals surface area contributed by atoms with E-state index >= 15 is 0 Å². The van der Waals surface area contributed by atoms with E-state index in [2.05, 4.69) is 0 Å². The van der Waals surface area contributed by atoms with Gasteiger partial charge in [-0.25, -0.2) is 0 Å². The molecule has 0 radical (unpaired) electrons. The Hall–Kier alpha value is -2.68.